The maximum absolute atomic E-state index is 13.3. The van der Waals surface area contributed by atoms with Crippen LogP contribution in [0.25, 0.3) is 0 Å². The number of halogens is 3. The van der Waals surface area contributed by atoms with Crippen molar-refractivity contribution in [1.82, 2.24) is 9.97 Å². The molecule has 1 unspecified atom stereocenters. The van der Waals surface area contributed by atoms with E-state index in [1.54, 1.807) is 19.9 Å². The van der Waals surface area contributed by atoms with Crippen molar-refractivity contribution in [3.8, 4) is 12.3 Å². The summed E-state index contributed by atoms with van der Waals surface area (Å²) in [6, 6.07) is 3.30. The number of aliphatic hydroxyl groups is 1. The van der Waals surface area contributed by atoms with Crippen molar-refractivity contribution < 1.29 is 27.8 Å². The van der Waals surface area contributed by atoms with Crippen molar-refractivity contribution >= 4 is 11.8 Å². The number of aryl methyl sites for hydroxylation is 1. The van der Waals surface area contributed by atoms with Gasteiger partial charge >= 0.3 is 12.1 Å². The number of benzene rings is 1. The number of aliphatic hydroxyl groups excluding tert-OH is 1. The Balaban J connectivity index is 2.52. The minimum atomic E-state index is -4.48. The fraction of sp³-hybridized carbons (Fsp3) is 0.381. The van der Waals surface area contributed by atoms with Gasteiger partial charge in [-0.1, -0.05) is 18.1 Å². The number of nitrogens with zero attached hydrogens (tertiary/aromatic N) is 2. The zero-order chi connectivity index (χ0) is 22.6. The van der Waals surface area contributed by atoms with E-state index in [2.05, 4.69) is 25.9 Å². The second kappa shape index (κ2) is 9.13. The first-order chi connectivity index (χ1) is 14.0. The average molecular weight is 421 g/mol. The van der Waals surface area contributed by atoms with E-state index in [0.29, 0.717) is 5.56 Å². The van der Waals surface area contributed by atoms with Gasteiger partial charge in [0.1, 0.15) is 17.7 Å². The SMILES string of the molecule is C#CC(O)c1c(CC(=O)OC)nc(C)nc1N[C@H](C)c1cccc(C(F)(F)F)c1C. The number of esters is 1. The fourth-order valence-electron chi connectivity index (χ4n) is 3.18. The van der Waals surface area contributed by atoms with Crippen molar-refractivity contribution in [2.24, 2.45) is 0 Å². The lowest BCUT2D eigenvalue weighted by atomic mass is 9.97. The summed E-state index contributed by atoms with van der Waals surface area (Å²) in [6.45, 7) is 4.63. The second-order valence-electron chi connectivity index (χ2n) is 6.69. The van der Waals surface area contributed by atoms with Crippen LogP contribution in [0, 0.1) is 26.2 Å². The Kier molecular flexibility index (Phi) is 7.05. The molecular weight excluding hydrogens is 399 g/mol. The Hall–Kier alpha value is -3.12. The van der Waals surface area contributed by atoms with Crippen LogP contribution in [0.2, 0.25) is 0 Å². The average Bonchev–Trinajstić information content (AvgIpc) is 2.66. The number of alkyl halides is 3. The number of hydrogen-bond acceptors (Lipinski definition) is 6. The molecule has 0 saturated carbocycles. The van der Waals surface area contributed by atoms with Crippen LogP contribution in [-0.2, 0) is 22.1 Å². The normalized spacial score (nSPS) is 13.3. The van der Waals surface area contributed by atoms with Crippen molar-refractivity contribution in [3.05, 3.63) is 52.0 Å². The smallest absolute Gasteiger partial charge is 0.416 e. The Morgan fingerprint density at radius 2 is 2.00 bits per heavy atom. The largest absolute Gasteiger partial charge is 0.469 e. The number of hydrogen-bond donors (Lipinski definition) is 2. The standard InChI is InChI=1S/C21H22F3N3O3/c1-6-17(28)19-16(10-18(29)30-5)26-13(4)27-20(19)25-12(3)14-8-7-9-15(11(14)2)21(22,23)24/h1,7-9,12,17,28H,10H2,2-5H3,(H,25,26,27)/t12-,17?/m1/s1. The third-order valence-corrected chi connectivity index (χ3v) is 4.61. The fourth-order valence-corrected chi connectivity index (χ4v) is 3.18. The monoisotopic (exact) mass is 421 g/mol. The highest BCUT2D eigenvalue weighted by molar-refractivity contribution is 5.73. The lowest BCUT2D eigenvalue weighted by Gasteiger charge is -2.23. The third-order valence-electron chi connectivity index (χ3n) is 4.61. The van der Waals surface area contributed by atoms with Crippen molar-refractivity contribution in [2.45, 2.75) is 45.5 Å². The first-order valence-electron chi connectivity index (χ1n) is 9.01. The predicted molar refractivity (Wildman–Crippen MR) is 105 cm³/mol. The Bertz CT molecular complexity index is 984. The predicted octanol–water partition coefficient (Wildman–Crippen LogP) is 3.67. The molecule has 2 N–H and O–H groups in total. The van der Waals surface area contributed by atoms with Gasteiger partial charge in [-0.25, -0.2) is 9.97 Å². The maximum Gasteiger partial charge on any atom is 0.416 e. The van der Waals surface area contributed by atoms with Crippen LogP contribution in [0.4, 0.5) is 19.0 Å². The number of ether oxygens (including phenoxy) is 1. The number of terminal acetylenes is 1. The minimum absolute atomic E-state index is 0.0737. The van der Waals surface area contributed by atoms with E-state index in [-0.39, 0.29) is 34.9 Å². The lowest BCUT2D eigenvalue weighted by Crippen LogP contribution is -2.19. The van der Waals surface area contributed by atoms with Crippen LogP contribution < -0.4 is 5.32 Å². The zero-order valence-electron chi connectivity index (χ0n) is 17.0. The van der Waals surface area contributed by atoms with Crippen LogP contribution in [0.1, 0.15) is 52.8 Å². The molecule has 0 bridgehead atoms. The third kappa shape index (κ3) is 5.07. The molecule has 1 heterocycles. The van der Waals surface area contributed by atoms with Gasteiger partial charge in [0, 0.05) is 0 Å². The molecule has 0 aliphatic carbocycles. The number of anilines is 1. The maximum atomic E-state index is 13.3. The van der Waals surface area contributed by atoms with Gasteiger partial charge in [-0.15, -0.1) is 6.42 Å². The highest BCUT2D eigenvalue weighted by atomic mass is 19.4. The van der Waals surface area contributed by atoms with Gasteiger partial charge in [-0.2, -0.15) is 13.2 Å². The Morgan fingerprint density at radius 1 is 1.33 bits per heavy atom. The van der Waals surface area contributed by atoms with E-state index in [4.69, 9.17) is 6.42 Å². The quantitative estimate of drug-likeness (QED) is 0.547. The van der Waals surface area contributed by atoms with Crippen LogP contribution in [-0.4, -0.2) is 28.2 Å². The summed E-state index contributed by atoms with van der Waals surface area (Å²) < 4.78 is 44.4. The van der Waals surface area contributed by atoms with Gasteiger partial charge in [0.2, 0.25) is 0 Å². The molecule has 6 nitrogen and oxygen atoms in total. The van der Waals surface area contributed by atoms with Crippen molar-refractivity contribution in [3.63, 3.8) is 0 Å². The van der Waals surface area contributed by atoms with E-state index >= 15 is 0 Å². The molecule has 0 fully saturated rings. The molecule has 0 amide bonds. The molecule has 0 aliphatic rings. The summed E-state index contributed by atoms with van der Waals surface area (Å²) in [7, 11) is 1.21. The van der Waals surface area contributed by atoms with Gasteiger partial charge in [0.15, 0.2) is 0 Å². The Labute approximate surface area is 172 Å². The number of carbonyl (C=O) groups is 1. The number of nitrogens with one attached hydrogen (secondary N) is 1. The van der Waals surface area contributed by atoms with Gasteiger partial charge in [0.25, 0.3) is 0 Å². The minimum Gasteiger partial charge on any atom is -0.469 e. The summed E-state index contributed by atoms with van der Waals surface area (Å²) in [5.74, 6) is 1.99. The molecule has 2 atom stereocenters. The molecule has 30 heavy (non-hydrogen) atoms. The molecule has 9 heteroatoms. The molecule has 2 rings (SSSR count). The molecule has 1 aromatic heterocycles. The highest BCUT2D eigenvalue weighted by Crippen LogP contribution is 2.35. The first-order valence-corrected chi connectivity index (χ1v) is 9.01. The summed E-state index contributed by atoms with van der Waals surface area (Å²) >= 11 is 0. The molecule has 2 aromatic rings. The Morgan fingerprint density at radius 3 is 2.57 bits per heavy atom. The van der Waals surface area contributed by atoms with E-state index in [9.17, 15) is 23.1 Å². The molecular formula is C21H22F3N3O3. The van der Waals surface area contributed by atoms with E-state index in [1.165, 1.54) is 20.1 Å². The lowest BCUT2D eigenvalue weighted by molar-refractivity contribution is -0.140. The molecule has 0 spiro atoms. The summed E-state index contributed by atoms with van der Waals surface area (Å²) in [5.41, 5.74) is 0.0180. The molecule has 0 saturated heterocycles. The number of carbonyl (C=O) groups excluding carboxylic acids is 1. The second-order valence-corrected chi connectivity index (χ2v) is 6.69. The van der Waals surface area contributed by atoms with Crippen molar-refractivity contribution in [1.29, 1.82) is 0 Å². The van der Waals surface area contributed by atoms with E-state index in [0.717, 1.165) is 6.07 Å². The molecule has 1 aromatic carbocycles. The summed E-state index contributed by atoms with van der Waals surface area (Å²) in [5, 5.41) is 13.3. The van der Waals surface area contributed by atoms with E-state index < -0.39 is 29.9 Å². The highest BCUT2D eigenvalue weighted by Gasteiger charge is 2.33. The topological polar surface area (TPSA) is 84.3 Å². The van der Waals surface area contributed by atoms with Gasteiger partial charge in [-0.05, 0) is 38.0 Å². The number of methoxy groups -OCH3 is 1. The molecule has 160 valence electrons. The summed E-state index contributed by atoms with van der Waals surface area (Å²) in [6.07, 6.45) is -0.808. The first kappa shape index (κ1) is 23.2. The molecule has 0 radical (unpaired) electrons. The summed E-state index contributed by atoms with van der Waals surface area (Å²) in [4.78, 5) is 20.2. The zero-order valence-corrected chi connectivity index (χ0v) is 17.0. The van der Waals surface area contributed by atoms with Crippen LogP contribution >= 0.6 is 0 Å². The van der Waals surface area contributed by atoms with Gasteiger partial charge in [0.05, 0.1) is 36.4 Å². The molecule has 0 aliphatic heterocycles. The number of rotatable bonds is 6. The van der Waals surface area contributed by atoms with Gasteiger partial charge < -0.3 is 15.2 Å². The van der Waals surface area contributed by atoms with Gasteiger partial charge in [-0.3, -0.25) is 4.79 Å². The van der Waals surface area contributed by atoms with Crippen LogP contribution in [0.5, 0.6) is 0 Å². The van der Waals surface area contributed by atoms with E-state index in [1.807, 2.05) is 0 Å². The number of aromatic nitrogens is 2. The van der Waals surface area contributed by atoms with Crippen LogP contribution in [0.15, 0.2) is 18.2 Å². The van der Waals surface area contributed by atoms with Crippen LogP contribution in [0.3, 0.4) is 0 Å². The van der Waals surface area contributed by atoms with Crippen molar-refractivity contribution in [2.75, 3.05) is 12.4 Å².